The van der Waals surface area contributed by atoms with Gasteiger partial charge in [0.1, 0.15) is 0 Å². The molecule has 0 N–H and O–H groups in total. The fourth-order valence-electron chi connectivity index (χ4n) is 3.85. The predicted molar refractivity (Wildman–Crippen MR) is 130 cm³/mol. The fraction of sp³-hybridized carbons (Fsp3) is 0.154. The molecule has 0 aromatic heterocycles. The highest BCUT2D eigenvalue weighted by atomic mass is 32.2. The first-order valence-corrected chi connectivity index (χ1v) is 12.2. The van der Waals surface area contributed by atoms with Gasteiger partial charge in [0.05, 0.1) is 22.7 Å². The van der Waals surface area contributed by atoms with E-state index in [1.807, 2.05) is 24.3 Å². The number of nitrogens with zero attached hydrogens (tertiary/aromatic N) is 2. The summed E-state index contributed by atoms with van der Waals surface area (Å²) in [4.78, 5) is 26.8. The lowest BCUT2D eigenvalue weighted by molar-refractivity contribution is -0.121. The van der Waals surface area contributed by atoms with Crippen molar-refractivity contribution >= 4 is 33.3 Å². The Kier molecular flexibility index (Phi) is 6.79. The first-order chi connectivity index (χ1) is 16.4. The Labute approximate surface area is 198 Å². The predicted octanol–water partition coefficient (Wildman–Crippen LogP) is 3.81. The number of amides is 1. The van der Waals surface area contributed by atoms with E-state index in [0.717, 1.165) is 17.7 Å². The molecule has 34 heavy (non-hydrogen) atoms. The van der Waals surface area contributed by atoms with Gasteiger partial charge in [0.15, 0.2) is 6.61 Å². The third-order valence-corrected chi connectivity index (χ3v) is 7.30. The third-order valence-electron chi connectivity index (χ3n) is 5.51. The van der Waals surface area contributed by atoms with Gasteiger partial charge in [-0.25, -0.2) is 13.2 Å². The summed E-state index contributed by atoms with van der Waals surface area (Å²) in [7, 11) is -3.97. The van der Waals surface area contributed by atoms with Gasteiger partial charge >= 0.3 is 5.97 Å². The first kappa shape index (κ1) is 23.3. The molecule has 0 saturated heterocycles. The Balaban J connectivity index is 1.49. The number of para-hydroxylation sites is 2. The molecule has 0 atom stereocenters. The minimum Gasteiger partial charge on any atom is -0.452 e. The van der Waals surface area contributed by atoms with E-state index in [-0.39, 0.29) is 22.9 Å². The quantitative estimate of drug-likeness (QED) is 0.365. The molecule has 1 amide bonds. The van der Waals surface area contributed by atoms with E-state index in [4.69, 9.17) is 4.74 Å². The Hall–Kier alpha value is -3.91. The molecule has 4 rings (SSSR count). The number of ether oxygens (including phenoxy) is 1. The number of benzene rings is 3. The zero-order chi connectivity index (χ0) is 24.1. The molecule has 1 aliphatic rings. The highest BCUT2D eigenvalue weighted by Crippen LogP contribution is 2.28. The number of anilines is 2. The molecular weight excluding hydrogens is 452 g/mol. The second-order valence-electron chi connectivity index (χ2n) is 7.69. The van der Waals surface area contributed by atoms with Gasteiger partial charge in [-0.05, 0) is 48.4 Å². The van der Waals surface area contributed by atoms with E-state index in [1.165, 1.54) is 34.6 Å². The van der Waals surface area contributed by atoms with Crippen LogP contribution in [0.5, 0.6) is 0 Å². The average molecular weight is 477 g/mol. The topological polar surface area (TPSA) is 84.0 Å². The summed E-state index contributed by atoms with van der Waals surface area (Å²) < 4.78 is 33.1. The van der Waals surface area contributed by atoms with Crippen molar-refractivity contribution in [2.45, 2.75) is 11.3 Å². The van der Waals surface area contributed by atoms with Crippen molar-refractivity contribution in [3.05, 3.63) is 103 Å². The summed E-state index contributed by atoms with van der Waals surface area (Å²) >= 11 is 0. The summed E-state index contributed by atoms with van der Waals surface area (Å²) in [5, 5.41) is 0. The van der Waals surface area contributed by atoms with E-state index in [0.29, 0.717) is 12.2 Å². The van der Waals surface area contributed by atoms with Crippen LogP contribution in [-0.2, 0) is 26.0 Å². The Morgan fingerprint density at radius 3 is 2.50 bits per heavy atom. The maximum Gasteiger partial charge on any atom is 0.338 e. The molecule has 7 nitrogen and oxygen atoms in total. The first-order valence-electron chi connectivity index (χ1n) is 10.8. The maximum absolute atomic E-state index is 13.3. The molecule has 0 saturated carbocycles. The second-order valence-corrected chi connectivity index (χ2v) is 9.55. The van der Waals surface area contributed by atoms with Crippen LogP contribution in [-0.4, -0.2) is 40.0 Å². The van der Waals surface area contributed by atoms with Crippen LogP contribution in [0.3, 0.4) is 0 Å². The van der Waals surface area contributed by atoms with E-state index in [9.17, 15) is 18.0 Å². The van der Waals surface area contributed by atoms with E-state index >= 15 is 0 Å². The number of carbonyl (C=O) groups is 2. The standard InChI is InChI=1S/C26H24N2O5S/c1-2-16-28(22-11-4-3-5-12-22)34(31,32)23-13-8-10-21(18-23)26(30)33-19-25(29)27-17-15-20-9-6-7-14-24(20)27/h2-14,18H,1,15-17,19H2. The van der Waals surface area contributed by atoms with Gasteiger partial charge in [0.25, 0.3) is 15.9 Å². The molecule has 8 heteroatoms. The summed E-state index contributed by atoms with van der Waals surface area (Å²) in [5.41, 5.74) is 2.41. The number of esters is 1. The van der Waals surface area contributed by atoms with Crippen LogP contribution in [0.15, 0.2) is 96.4 Å². The molecular formula is C26H24N2O5S. The van der Waals surface area contributed by atoms with Gasteiger partial charge in [0.2, 0.25) is 0 Å². The lowest BCUT2D eigenvalue weighted by Crippen LogP contribution is -2.33. The lowest BCUT2D eigenvalue weighted by atomic mass is 10.2. The van der Waals surface area contributed by atoms with Gasteiger partial charge in [-0.2, -0.15) is 0 Å². The smallest absolute Gasteiger partial charge is 0.338 e. The van der Waals surface area contributed by atoms with Crippen LogP contribution < -0.4 is 9.21 Å². The number of rotatable bonds is 8. The molecule has 3 aromatic carbocycles. The average Bonchev–Trinajstić information content (AvgIpc) is 3.30. The van der Waals surface area contributed by atoms with E-state index < -0.39 is 22.6 Å². The fourth-order valence-corrected chi connectivity index (χ4v) is 5.33. The zero-order valence-electron chi connectivity index (χ0n) is 18.5. The number of sulfonamides is 1. The molecule has 0 unspecified atom stereocenters. The van der Waals surface area contributed by atoms with Crippen molar-refractivity contribution in [2.24, 2.45) is 0 Å². The molecule has 0 fully saturated rings. The summed E-state index contributed by atoms with van der Waals surface area (Å²) in [6, 6.07) is 21.8. The molecule has 0 radical (unpaired) electrons. The van der Waals surface area contributed by atoms with Gasteiger partial charge in [-0.3, -0.25) is 9.10 Å². The highest BCUT2D eigenvalue weighted by molar-refractivity contribution is 7.92. The van der Waals surface area contributed by atoms with Crippen LogP contribution in [0.4, 0.5) is 11.4 Å². The minimum atomic E-state index is -3.97. The van der Waals surface area contributed by atoms with Crippen LogP contribution >= 0.6 is 0 Å². The summed E-state index contributed by atoms with van der Waals surface area (Å²) in [5.74, 6) is -1.10. The second kappa shape index (κ2) is 9.93. The number of fused-ring (bicyclic) bond motifs is 1. The largest absolute Gasteiger partial charge is 0.452 e. The molecule has 174 valence electrons. The van der Waals surface area contributed by atoms with Crippen molar-refractivity contribution in [1.29, 1.82) is 0 Å². The van der Waals surface area contributed by atoms with Crippen LogP contribution in [0.1, 0.15) is 15.9 Å². The summed E-state index contributed by atoms with van der Waals surface area (Å²) in [6.45, 7) is 3.81. The summed E-state index contributed by atoms with van der Waals surface area (Å²) in [6.07, 6.45) is 2.24. The van der Waals surface area contributed by atoms with Crippen molar-refractivity contribution in [3.63, 3.8) is 0 Å². The maximum atomic E-state index is 13.3. The minimum absolute atomic E-state index is 0.0438. The normalized spacial score (nSPS) is 12.6. The zero-order valence-corrected chi connectivity index (χ0v) is 19.3. The van der Waals surface area contributed by atoms with Crippen LogP contribution in [0.25, 0.3) is 0 Å². The van der Waals surface area contributed by atoms with Crippen molar-refractivity contribution in [1.82, 2.24) is 0 Å². The van der Waals surface area contributed by atoms with Gasteiger partial charge < -0.3 is 9.64 Å². The van der Waals surface area contributed by atoms with Crippen molar-refractivity contribution in [2.75, 3.05) is 28.9 Å². The molecule has 1 heterocycles. The Morgan fingerprint density at radius 2 is 1.74 bits per heavy atom. The van der Waals surface area contributed by atoms with E-state index in [1.54, 1.807) is 35.2 Å². The highest BCUT2D eigenvalue weighted by Gasteiger charge is 2.27. The molecule has 0 spiro atoms. The number of hydrogen-bond acceptors (Lipinski definition) is 5. The van der Waals surface area contributed by atoms with Crippen LogP contribution in [0, 0.1) is 0 Å². The van der Waals surface area contributed by atoms with Gasteiger partial charge in [0, 0.05) is 12.2 Å². The van der Waals surface area contributed by atoms with Gasteiger partial charge in [-0.15, -0.1) is 6.58 Å². The van der Waals surface area contributed by atoms with Crippen LogP contribution in [0.2, 0.25) is 0 Å². The monoisotopic (exact) mass is 476 g/mol. The van der Waals surface area contributed by atoms with E-state index in [2.05, 4.69) is 6.58 Å². The molecule has 3 aromatic rings. The lowest BCUT2D eigenvalue weighted by Gasteiger charge is -2.23. The molecule has 0 aliphatic carbocycles. The van der Waals surface area contributed by atoms with Gasteiger partial charge in [-0.1, -0.05) is 48.5 Å². The SMILES string of the molecule is C=CCN(c1ccccc1)S(=O)(=O)c1cccc(C(=O)OCC(=O)N2CCc3ccccc32)c1. The molecule has 0 bridgehead atoms. The third kappa shape index (κ3) is 4.72. The number of hydrogen-bond donors (Lipinski definition) is 0. The molecule has 1 aliphatic heterocycles. The Bertz CT molecular complexity index is 1320. The van der Waals surface area contributed by atoms with Crippen molar-refractivity contribution < 1.29 is 22.7 Å². The Morgan fingerprint density at radius 1 is 1.00 bits per heavy atom. The van der Waals surface area contributed by atoms with Crippen molar-refractivity contribution in [3.8, 4) is 0 Å². The number of carbonyl (C=O) groups excluding carboxylic acids is 2.